The predicted octanol–water partition coefficient (Wildman–Crippen LogP) is 3.24. The van der Waals surface area contributed by atoms with E-state index in [4.69, 9.17) is 0 Å². The lowest BCUT2D eigenvalue weighted by Gasteiger charge is -2.08. The summed E-state index contributed by atoms with van der Waals surface area (Å²) in [5.41, 5.74) is 1.64. The molecule has 7 heteroatoms. The number of benzene rings is 1. The summed E-state index contributed by atoms with van der Waals surface area (Å²) in [7, 11) is 0. The van der Waals surface area contributed by atoms with Gasteiger partial charge < -0.3 is 16.0 Å². The van der Waals surface area contributed by atoms with E-state index < -0.39 is 0 Å². The highest BCUT2D eigenvalue weighted by atomic mass is 32.1. The first kappa shape index (κ1) is 16.8. The molecule has 3 amide bonds. The van der Waals surface area contributed by atoms with Gasteiger partial charge in [0.2, 0.25) is 5.91 Å². The van der Waals surface area contributed by atoms with Crippen LogP contribution in [0.2, 0.25) is 0 Å². The molecule has 2 aliphatic rings. The Kier molecular flexibility index (Phi) is 4.46. The average Bonchev–Trinajstić information content (AvgIpc) is 3.55. The summed E-state index contributed by atoms with van der Waals surface area (Å²) in [6.45, 7) is 0. The summed E-state index contributed by atoms with van der Waals surface area (Å²) in [5, 5.41) is 10.9. The van der Waals surface area contributed by atoms with Gasteiger partial charge in [-0.25, -0.2) is 0 Å². The maximum Gasteiger partial charge on any atom is 0.256 e. The summed E-state index contributed by atoms with van der Waals surface area (Å²) in [6.07, 6.45) is 3.93. The Hall–Kier alpha value is -2.67. The molecule has 3 N–H and O–H groups in total. The van der Waals surface area contributed by atoms with E-state index >= 15 is 0 Å². The number of hydrogen-bond donors (Lipinski definition) is 3. The van der Waals surface area contributed by atoms with Crippen LogP contribution in [0.5, 0.6) is 0 Å². The second-order valence-electron chi connectivity index (χ2n) is 6.71. The van der Waals surface area contributed by atoms with Crippen molar-refractivity contribution < 1.29 is 14.4 Å². The van der Waals surface area contributed by atoms with Gasteiger partial charge >= 0.3 is 0 Å². The van der Waals surface area contributed by atoms with E-state index in [1.807, 2.05) is 0 Å². The number of rotatable bonds is 6. The maximum atomic E-state index is 12.4. The van der Waals surface area contributed by atoms with Gasteiger partial charge in [-0.3, -0.25) is 14.4 Å². The van der Waals surface area contributed by atoms with E-state index in [0.29, 0.717) is 21.8 Å². The van der Waals surface area contributed by atoms with Crippen LogP contribution in [-0.4, -0.2) is 23.8 Å². The minimum absolute atomic E-state index is 0.0344. The Balaban J connectivity index is 1.39. The van der Waals surface area contributed by atoms with Crippen molar-refractivity contribution in [3.8, 4) is 0 Å². The molecule has 26 heavy (non-hydrogen) atoms. The Morgan fingerprint density at radius 3 is 2.27 bits per heavy atom. The molecule has 0 radical (unpaired) electrons. The summed E-state index contributed by atoms with van der Waals surface area (Å²) in [5.74, 6) is -0.265. The fraction of sp³-hybridized carbons (Fsp3) is 0.316. The summed E-state index contributed by atoms with van der Waals surface area (Å²) in [4.78, 5) is 36.4. The molecule has 0 spiro atoms. The van der Waals surface area contributed by atoms with Gasteiger partial charge in [0.1, 0.15) is 5.00 Å². The number of thiophene rings is 1. The van der Waals surface area contributed by atoms with Gasteiger partial charge in [-0.05, 0) is 61.4 Å². The normalized spacial score (nSPS) is 16.0. The lowest BCUT2D eigenvalue weighted by Crippen LogP contribution is -2.26. The van der Waals surface area contributed by atoms with Crippen LogP contribution in [0.4, 0.5) is 10.7 Å². The first-order chi connectivity index (χ1) is 12.6. The van der Waals surface area contributed by atoms with Gasteiger partial charge in [-0.2, -0.15) is 0 Å². The van der Waals surface area contributed by atoms with Crippen molar-refractivity contribution >= 4 is 39.7 Å². The van der Waals surface area contributed by atoms with Crippen molar-refractivity contribution in [2.75, 3.05) is 10.6 Å². The Morgan fingerprint density at radius 2 is 1.62 bits per heavy atom. The molecule has 1 aromatic heterocycles. The first-order valence-corrected chi connectivity index (χ1v) is 9.59. The van der Waals surface area contributed by atoms with E-state index in [1.54, 1.807) is 35.7 Å². The van der Waals surface area contributed by atoms with Gasteiger partial charge in [0, 0.05) is 23.2 Å². The number of anilines is 2. The number of amides is 3. The number of carbonyl (C=O) groups is 3. The summed E-state index contributed by atoms with van der Waals surface area (Å²) >= 11 is 1.32. The molecular weight excluding hydrogens is 350 g/mol. The van der Waals surface area contributed by atoms with E-state index in [1.165, 1.54) is 11.3 Å². The highest BCUT2D eigenvalue weighted by Crippen LogP contribution is 2.30. The van der Waals surface area contributed by atoms with E-state index in [9.17, 15) is 14.4 Å². The zero-order chi connectivity index (χ0) is 18.1. The van der Waals surface area contributed by atoms with Gasteiger partial charge in [0.25, 0.3) is 11.8 Å². The van der Waals surface area contributed by atoms with Crippen molar-refractivity contribution in [2.45, 2.75) is 31.7 Å². The van der Waals surface area contributed by atoms with E-state index in [2.05, 4.69) is 16.0 Å². The van der Waals surface area contributed by atoms with Crippen LogP contribution < -0.4 is 16.0 Å². The molecule has 2 aromatic rings. The third kappa shape index (κ3) is 3.94. The first-order valence-electron chi connectivity index (χ1n) is 8.71. The highest BCUT2D eigenvalue weighted by Gasteiger charge is 2.29. The molecule has 134 valence electrons. The minimum atomic E-state index is -0.284. The molecule has 2 saturated carbocycles. The quantitative estimate of drug-likeness (QED) is 0.730. The molecule has 0 atom stereocenters. The second-order valence-corrected chi connectivity index (χ2v) is 7.62. The largest absolute Gasteiger partial charge is 0.349 e. The van der Waals surface area contributed by atoms with Crippen LogP contribution >= 0.6 is 11.3 Å². The topological polar surface area (TPSA) is 87.3 Å². The zero-order valence-electron chi connectivity index (χ0n) is 14.1. The molecule has 4 rings (SSSR count). The molecule has 1 aromatic carbocycles. The maximum absolute atomic E-state index is 12.4. The molecule has 0 aliphatic heterocycles. The van der Waals surface area contributed by atoms with Gasteiger partial charge in [-0.15, -0.1) is 11.3 Å². The lowest BCUT2D eigenvalue weighted by molar-refractivity contribution is -0.117. The van der Waals surface area contributed by atoms with Crippen molar-refractivity contribution in [1.29, 1.82) is 0 Å². The Labute approximate surface area is 155 Å². The summed E-state index contributed by atoms with van der Waals surface area (Å²) < 4.78 is 0. The van der Waals surface area contributed by atoms with Crippen molar-refractivity contribution in [2.24, 2.45) is 5.92 Å². The van der Waals surface area contributed by atoms with Crippen LogP contribution in [0, 0.1) is 5.92 Å². The van der Waals surface area contributed by atoms with Crippen LogP contribution in [0.15, 0.2) is 35.7 Å². The summed E-state index contributed by atoms with van der Waals surface area (Å²) in [6, 6.07) is 8.73. The molecule has 0 bridgehead atoms. The predicted molar refractivity (Wildman–Crippen MR) is 101 cm³/mol. The van der Waals surface area contributed by atoms with Crippen molar-refractivity contribution in [3.05, 3.63) is 46.8 Å². The van der Waals surface area contributed by atoms with Crippen LogP contribution in [-0.2, 0) is 4.79 Å². The SMILES string of the molecule is O=C(Nc1sccc1C(=O)NC1CC1)c1ccc(NC(=O)C2CC2)cc1. The van der Waals surface area contributed by atoms with Crippen LogP contribution in [0.1, 0.15) is 46.4 Å². The van der Waals surface area contributed by atoms with Crippen LogP contribution in [0.25, 0.3) is 0 Å². The molecular formula is C19H19N3O3S. The molecule has 1 heterocycles. The van der Waals surface area contributed by atoms with Gasteiger partial charge in [0.05, 0.1) is 5.56 Å². The third-order valence-corrected chi connectivity index (χ3v) is 5.24. The second kappa shape index (κ2) is 6.92. The smallest absolute Gasteiger partial charge is 0.256 e. The van der Waals surface area contributed by atoms with E-state index in [0.717, 1.165) is 25.7 Å². The number of nitrogens with one attached hydrogen (secondary N) is 3. The monoisotopic (exact) mass is 369 g/mol. The third-order valence-electron chi connectivity index (χ3n) is 4.41. The highest BCUT2D eigenvalue weighted by molar-refractivity contribution is 7.14. The van der Waals surface area contributed by atoms with Crippen LogP contribution in [0.3, 0.4) is 0 Å². The molecule has 2 fully saturated rings. The van der Waals surface area contributed by atoms with Crippen molar-refractivity contribution in [3.63, 3.8) is 0 Å². The standard InChI is InChI=1S/C19H19N3O3S/c23-16(11-1-2-11)20-13-5-3-12(4-6-13)17(24)22-19-15(9-10-26-19)18(25)21-14-7-8-14/h3-6,9-11,14H,1-2,7-8H2,(H,20,23)(H,21,25)(H,22,24). The van der Waals surface area contributed by atoms with E-state index in [-0.39, 0.29) is 29.7 Å². The molecule has 2 aliphatic carbocycles. The van der Waals surface area contributed by atoms with Gasteiger partial charge in [0.15, 0.2) is 0 Å². The molecule has 0 saturated heterocycles. The van der Waals surface area contributed by atoms with Gasteiger partial charge in [-0.1, -0.05) is 0 Å². The molecule has 6 nitrogen and oxygen atoms in total. The lowest BCUT2D eigenvalue weighted by atomic mass is 10.2. The minimum Gasteiger partial charge on any atom is -0.349 e. The fourth-order valence-corrected chi connectivity index (χ4v) is 3.33. The number of hydrogen-bond acceptors (Lipinski definition) is 4. The number of carbonyl (C=O) groups excluding carboxylic acids is 3. The average molecular weight is 369 g/mol. The zero-order valence-corrected chi connectivity index (χ0v) is 14.9. The van der Waals surface area contributed by atoms with Crippen molar-refractivity contribution in [1.82, 2.24) is 5.32 Å². The Bertz CT molecular complexity index is 851. The molecule has 0 unspecified atom stereocenters. The Morgan fingerprint density at radius 1 is 0.885 bits per heavy atom. The fourth-order valence-electron chi connectivity index (χ4n) is 2.55.